The highest BCUT2D eigenvalue weighted by Crippen LogP contribution is 1.95. The summed E-state index contributed by atoms with van der Waals surface area (Å²) in [5.41, 5.74) is 11.4. The molecule has 1 atom stereocenters. The molecule has 0 radical (unpaired) electrons. The molecule has 0 bridgehead atoms. The first-order valence-electron chi connectivity index (χ1n) is 5.30. The Morgan fingerprint density at radius 2 is 2.24 bits per heavy atom. The Balaban J connectivity index is 2.27. The molecule has 92 valence electrons. The van der Waals surface area contributed by atoms with E-state index in [1.807, 2.05) is 12.1 Å². The number of carbonyl (C=O) groups is 2. The van der Waals surface area contributed by atoms with E-state index < -0.39 is 11.9 Å². The Morgan fingerprint density at radius 1 is 1.47 bits per heavy atom. The minimum Gasteiger partial charge on any atom is -0.370 e. The van der Waals surface area contributed by atoms with Gasteiger partial charge in [-0.1, -0.05) is 6.07 Å². The zero-order valence-corrected chi connectivity index (χ0v) is 9.43. The lowest BCUT2D eigenvalue weighted by molar-refractivity contribution is -0.126. The van der Waals surface area contributed by atoms with Crippen molar-refractivity contribution in [2.24, 2.45) is 11.5 Å². The molecule has 0 aliphatic rings. The van der Waals surface area contributed by atoms with Crippen molar-refractivity contribution in [2.75, 3.05) is 6.54 Å². The second-order valence-electron chi connectivity index (χ2n) is 3.68. The number of primary amides is 1. The molecule has 0 aliphatic carbocycles. The van der Waals surface area contributed by atoms with Gasteiger partial charge in [-0.05, 0) is 18.1 Å². The molecule has 1 aromatic rings. The molecule has 1 aromatic heterocycles. The van der Waals surface area contributed by atoms with E-state index in [0.717, 1.165) is 5.56 Å². The lowest BCUT2D eigenvalue weighted by Crippen LogP contribution is -2.43. The van der Waals surface area contributed by atoms with Gasteiger partial charge in [0.15, 0.2) is 0 Å². The van der Waals surface area contributed by atoms with Crippen molar-refractivity contribution in [1.82, 2.24) is 10.3 Å². The number of hydrogen-bond acceptors (Lipinski definition) is 4. The van der Waals surface area contributed by atoms with Crippen molar-refractivity contribution in [3.63, 3.8) is 0 Å². The van der Waals surface area contributed by atoms with Crippen LogP contribution in [0.4, 0.5) is 0 Å². The lowest BCUT2D eigenvalue weighted by Gasteiger charge is -2.10. The second kappa shape index (κ2) is 6.59. The average Bonchev–Trinajstić information content (AvgIpc) is 2.29. The molecule has 0 fully saturated rings. The maximum Gasteiger partial charge on any atom is 0.237 e. The number of hydrogen-bond donors (Lipinski definition) is 3. The number of aromatic nitrogens is 1. The van der Waals surface area contributed by atoms with Crippen molar-refractivity contribution in [2.45, 2.75) is 18.9 Å². The van der Waals surface area contributed by atoms with Gasteiger partial charge in [0.2, 0.25) is 11.8 Å². The molecule has 0 unspecified atom stereocenters. The number of nitrogens with one attached hydrogen (secondary N) is 1. The fraction of sp³-hybridized carbons (Fsp3) is 0.364. The molecule has 2 amide bonds. The summed E-state index contributed by atoms with van der Waals surface area (Å²) in [5, 5.41) is 2.64. The highest BCUT2D eigenvalue weighted by Gasteiger charge is 2.14. The Hall–Kier alpha value is -1.95. The summed E-state index contributed by atoms with van der Waals surface area (Å²) in [6.45, 7) is 0.455. The first kappa shape index (κ1) is 13.1. The molecule has 0 saturated carbocycles. The van der Waals surface area contributed by atoms with Gasteiger partial charge in [0, 0.05) is 18.9 Å². The van der Waals surface area contributed by atoms with Gasteiger partial charge >= 0.3 is 0 Å². The molecular weight excluding hydrogens is 220 g/mol. The summed E-state index contributed by atoms with van der Waals surface area (Å²) in [5.74, 6) is -0.951. The number of carbonyl (C=O) groups excluding carboxylic acids is 2. The van der Waals surface area contributed by atoms with Crippen LogP contribution in [0.1, 0.15) is 12.0 Å². The van der Waals surface area contributed by atoms with Gasteiger partial charge in [-0.2, -0.15) is 0 Å². The van der Waals surface area contributed by atoms with Gasteiger partial charge in [0.1, 0.15) is 0 Å². The van der Waals surface area contributed by atoms with Crippen molar-refractivity contribution in [3.8, 4) is 0 Å². The van der Waals surface area contributed by atoms with Gasteiger partial charge in [-0.15, -0.1) is 0 Å². The van der Waals surface area contributed by atoms with Crippen molar-refractivity contribution >= 4 is 11.8 Å². The highest BCUT2D eigenvalue weighted by molar-refractivity contribution is 5.87. The molecule has 6 nitrogen and oxygen atoms in total. The third-order valence-electron chi connectivity index (χ3n) is 2.19. The first-order valence-corrected chi connectivity index (χ1v) is 5.30. The molecule has 0 spiro atoms. The summed E-state index contributed by atoms with van der Waals surface area (Å²) in [6, 6.07) is 2.87. The Kier molecular flexibility index (Phi) is 5.09. The number of rotatable bonds is 6. The Morgan fingerprint density at radius 3 is 2.82 bits per heavy atom. The van der Waals surface area contributed by atoms with E-state index in [9.17, 15) is 9.59 Å². The van der Waals surface area contributed by atoms with E-state index >= 15 is 0 Å². The van der Waals surface area contributed by atoms with Gasteiger partial charge < -0.3 is 16.8 Å². The predicted molar refractivity (Wildman–Crippen MR) is 62.7 cm³/mol. The molecular formula is C11H16N4O2. The molecule has 17 heavy (non-hydrogen) atoms. The van der Waals surface area contributed by atoms with Crippen LogP contribution in [-0.2, 0) is 16.0 Å². The van der Waals surface area contributed by atoms with Crippen LogP contribution in [-0.4, -0.2) is 29.4 Å². The summed E-state index contributed by atoms with van der Waals surface area (Å²) >= 11 is 0. The van der Waals surface area contributed by atoms with E-state index in [0.29, 0.717) is 13.0 Å². The van der Waals surface area contributed by atoms with E-state index in [-0.39, 0.29) is 12.3 Å². The zero-order valence-electron chi connectivity index (χ0n) is 9.43. The van der Waals surface area contributed by atoms with Crippen LogP contribution in [0.5, 0.6) is 0 Å². The topological polar surface area (TPSA) is 111 Å². The van der Waals surface area contributed by atoms with Gasteiger partial charge in [-0.25, -0.2) is 0 Å². The molecule has 6 heteroatoms. The Bertz CT molecular complexity index is 380. The standard InChI is InChI=1S/C11H16N4O2/c12-9(6-10(13)16)11(17)15-5-3-8-2-1-4-14-7-8/h1-2,4,7,9H,3,5-6,12H2,(H2,13,16)(H,15,17)/t9-/m1/s1. The second-order valence-corrected chi connectivity index (χ2v) is 3.68. The summed E-state index contributed by atoms with van der Waals surface area (Å²) < 4.78 is 0. The van der Waals surface area contributed by atoms with Gasteiger partial charge in [0.05, 0.1) is 12.5 Å². The summed E-state index contributed by atoms with van der Waals surface area (Å²) in [4.78, 5) is 25.9. The van der Waals surface area contributed by atoms with Gasteiger partial charge in [-0.3, -0.25) is 14.6 Å². The number of amides is 2. The SMILES string of the molecule is NC(=O)C[C@@H](N)C(=O)NCCc1cccnc1. The molecule has 5 N–H and O–H groups in total. The normalized spacial score (nSPS) is 11.8. The van der Waals surface area contributed by atoms with E-state index in [2.05, 4.69) is 10.3 Å². The fourth-order valence-electron chi connectivity index (χ4n) is 1.32. The summed E-state index contributed by atoms with van der Waals surface area (Å²) in [6.07, 6.45) is 3.95. The maximum atomic E-state index is 11.4. The zero-order chi connectivity index (χ0) is 12.7. The van der Waals surface area contributed by atoms with Gasteiger partial charge in [0.25, 0.3) is 0 Å². The smallest absolute Gasteiger partial charge is 0.237 e. The molecule has 0 aliphatic heterocycles. The largest absolute Gasteiger partial charge is 0.370 e. The fourth-order valence-corrected chi connectivity index (χ4v) is 1.32. The van der Waals surface area contributed by atoms with Crippen LogP contribution in [0.3, 0.4) is 0 Å². The maximum absolute atomic E-state index is 11.4. The number of nitrogens with two attached hydrogens (primary N) is 2. The van der Waals surface area contributed by atoms with E-state index in [1.54, 1.807) is 12.4 Å². The van der Waals surface area contributed by atoms with Crippen LogP contribution >= 0.6 is 0 Å². The predicted octanol–water partition coefficient (Wildman–Crippen LogP) is -1.06. The molecule has 1 heterocycles. The summed E-state index contributed by atoms with van der Waals surface area (Å²) in [7, 11) is 0. The van der Waals surface area contributed by atoms with Crippen LogP contribution in [0.2, 0.25) is 0 Å². The third-order valence-corrected chi connectivity index (χ3v) is 2.19. The van der Waals surface area contributed by atoms with Crippen LogP contribution in [0.15, 0.2) is 24.5 Å². The van der Waals surface area contributed by atoms with Crippen LogP contribution < -0.4 is 16.8 Å². The van der Waals surface area contributed by atoms with E-state index in [1.165, 1.54) is 0 Å². The monoisotopic (exact) mass is 236 g/mol. The molecule has 0 saturated heterocycles. The van der Waals surface area contributed by atoms with Crippen molar-refractivity contribution in [3.05, 3.63) is 30.1 Å². The third kappa shape index (κ3) is 5.07. The van der Waals surface area contributed by atoms with Crippen LogP contribution in [0, 0.1) is 0 Å². The van der Waals surface area contributed by atoms with Crippen molar-refractivity contribution < 1.29 is 9.59 Å². The number of nitrogens with zero attached hydrogens (tertiary/aromatic N) is 1. The molecule has 1 rings (SSSR count). The highest BCUT2D eigenvalue weighted by atomic mass is 16.2. The van der Waals surface area contributed by atoms with Crippen molar-refractivity contribution in [1.29, 1.82) is 0 Å². The number of pyridine rings is 1. The first-order chi connectivity index (χ1) is 8.09. The molecule has 0 aromatic carbocycles. The minimum atomic E-state index is -0.874. The minimum absolute atomic E-state index is 0.140. The van der Waals surface area contributed by atoms with Crippen LogP contribution in [0.25, 0.3) is 0 Å². The average molecular weight is 236 g/mol. The lowest BCUT2D eigenvalue weighted by atomic mass is 10.2. The van der Waals surface area contributed by atoms with E-state index in [4.69, 9.17) is 11.5 Å². The quantitative estimate of drug-likeness (QED) is 0.584. The Labute approximate surface area is 99.4 Å².